The lowest BCUT2D eigenvalue weighted by atomic mass is 10.00. The molecule has 0 spiro atoms. The van der Waals surface area contributed by atoms with Crippen molar-refractivity contribution in [3.05, 3.63) is 18.5 Å². The molecule has 1 unspecified atom stereocenters. The summed E-state index contributed by atoms with van der Waals surface area (Å²) in [6, 6.07) is 1.55. The van der Waals surface area contributed by atoms with Crippen molar-refractivity contribution in [1.29, 1.82) is 0 Å². The molecular weight excluding hydrogens is 260 g/mol. The number of carbonyl (C=O) groups is 2. The highest BCUT2D eigenvalue weighted by Crippen LogP contribution is 2.29. The maximum absolute atomic E-state index is 12.1. The van der Waals surface area contributed by atoms with E-state index >= 15 is 0 Å². The van der Waals surface area contributed by atoms with E-state index in [2.05, 4.69) is 10.4 Å². The van der Waals surface area contributed by atoms with Gasteiger partial charge in [-0.1, -0.05) is 0 Å². The van der Waals surface area contributed by atoms with Crippen LogP contribution in [0.2, 0.25) is 0 Å². The molecule has 1 aliphatic rings. The largest absolute Gasteiger partial charge is 0.480 e. The topological polar surface area (TPSA) is 87.5 Å². The molecule has 2 rings (SSSR count). The summed E-state index contributed by atoms with van der Waals surface area (Å²) in [5.41, 5.74) is -1.08. The molecule has 20 heavy (non-hydrogen) atoms. The van der Waals surface area contributed by atoms with Crippen LogP contribution in [0.5, 0.6) is 0 Å². The lowest BCUT2D eigenvalue weighted by Gasteiger charge is -2.31. The molecule has 2 heterocycles. The molecule has 2 amide bonds. The Morgan fingerprint density at radius 1 is 1.50 bits per heavy atom. The Bertz CT molecular complexity index is 474. The van der Waals surface area contributed by atoms with E-state index in [9.17, 15) is 14.7 Å². The van der Waals surface area contributed by atoms with Gasteiger partial charge in [-0.2, -0.15) is 5.10 Å². The number of aliphatic carboxylic acids is 1. The van der Waals surface area contributed by atoms with E-state index in [-0.39, 0.29) is 6.03 Å². The number of urea groups is 1. The summed E-state index contributed by atoms with van der Waals surface area (Å²) in [7, 11) is 0. The number of rotatable bonds is 5. The number of amides is 2. The number of aryl methyl sites for hydroxylation is 1. The van der Waals surface area contributed by atoms with Crippen molar-refractivity contribution in [3.8, 4) is 0 Å². The van der Waals surface area contributed by atoms with Crippen LogP contribution in [0.25, 0.3) is 0 Å². The Balaban J connectivity index is 1.78. The molecule has 0 bridgehead atoms. The summed E-state index contributed by atoms with van der Waals surface area (Å²) in [6.45, 7) is 3.33. The minimum absolute atomic E-state index is 0.298. The van der Waals surface area contributed by atoms with Crippen molar-refractivity contribution in [2.24, 2.45) is 0 Å². The molecule has 1 atom stereocenters. The zero-order chi connectivity index (χ0) is 14.6. The highest BCUT2D eigenvalue weighted by Gasteiger charge is 2.45. The summed E-state index contributed by atoms with van der Waals surface area (Å²) in [5.74, 6) is -0.943. The van der Waals surface area contributed by atoms with Gasteiger partial charge in [-0.15, -0.1) is 0 Å². The number of hydrogen-bond donors (Lipinski definition) is 2. The number of hydrogen-bond acceptors (Lipinski definition) is 3. The van der Waals surface area contributed by atoms with Gasteiger partial charge in [-0.25, -0.2) is 9.59 Å². The first-order valence-corrected chi connectivity index (χ1v) is 6.80. The van der Waals surface area contributed by atoms with E-state index in [1.54, 1.807) is 17.8 Å². The molecule has 7 heteroatoms. The molecule has 0 saturated carbocycles. The molecule has 1 fully saturated rings. The number of likely N-dealkylation sites (tertiary alicyclic amines) is 1. The minimum Gasteiger partial charge on any atom is -0.480 e. The number of aromatic nitrogens is 2. The van der Waals surface area contributed by atoms with Gasteiger partial charge < -0.3 is 15.3 Å². The van der Waals surface area contributed by atoms with Crippen molar-refractivity contribution in [3.63, 3.8) is 0 Å². The van der Waals surface area contributed by atoms with Crippen molar-refractivity contribution in [2.75, 3.05) is 13.1 Å². The Hall–Kier alpha value is -2.05. The van der Waals surface area contributed by atoms with E-state index < -0.39 is 11.5 Å². The Labute approximate surface area is 117 Å². The zero-order valence-corrected chi connectivity index (χ0v) is 11.6. The van der Waals surface area contributed by atoms with Crippen molar-refractivity contribution in [2.45, 2.75) is 38.3 Å². The second-order valence-electron chi connectivity index (χ2n) is 5.19. The van der Waals surface area contributed by atoms with Crippen LogP contribution in [0.1, 0.15) is 26.2 Å². The van der Waals surface area contributed by atoms with E-state index in [4.69, 9.17) is 0 Å². The first-order chi connectivity index (χ1) is 9.54. The van der Waals surface area contributed by atoms with Gasteiger partial charge in [0.2, 0.25) is 0 Å². The average molecular weight is 280 g/mol. The van der Waals surface area contributed by atoms with Crippen LogP contribution >= 0.6 is 0 Å². The predicted octanol–water partition coefficient (Wildman–Crippen LogP) is 0.922. The lowest BCUT2D eigenvalue weighted by Crippen LogP contribution is -2.54. The summed E-state index contributed by atoms with van der Waals surface area (Å²) in [6.07, 6.45) is 5.56. The number of nitrogens with one attached hydrogen (secondary N) is 1. The van der Waals surface area contributed by atoms with E-state index in [0.717, 1.165) is 19.4 Å². The molecule has 1 aliphatic heterocycles. The summed E-state index contributed by atoms with van der Waals surface area (Å²) >= 11 is 0. The van der Waals surface area contributed by atoms with Crippen LogP contribution in [0.3, 0.4) is 0 Å². The van der Waals surface area contributed by atoms with Gasteiger partial charge in [-0.05, 0) is 32.3 Å². The van der Waals surface area contributed by atoms with Gasteiger partial charge in [-0.3, -0.25) is 4.68 Å². The molecule has 1 aromatic heterocycles. The zero-order valence-electron chi connectivity index (χ0n) is 11.6. The van der Waals surface area contributed by atoms with Gasteiger partial charge >= 0.3 is 12.0 Å². The van der Waals surface area contributed by atoms with Crippen molar-refractivity contribution >= 4 is 12.0 Å². The lowest BCUT2D eigenvalue weighted by molar-refractivity contribution is -0.147. The molecule has 2 N–H and O–H groups in total. The SMILES string of the molecule is CC1(C(=O)O)CCCN1C(=O)NCCCn1cccn1. The number of carbonyl (C=O) groups excluding carboxylic acids is 1. The number of nitrogens with zero attached hydrogens (tertiary/aromatic N) is 3. The average Bonchev–Trinajstić information content (AvgIpc) is 3.04. The second-order valence-corrected chi connectivity index (χ2v) is 5.19. The smallest absolute Gasteiger partial charge is 0.329 e. The third-order valence-electron chi connectivity index (χ3n) is 3.75. The fraction of sp³-hybridized carbons (Fsp3) is 0.615. The molecule has 1 saturated heterocycles. The van der Waals surface area contributed by atoms with E-state index in [1.807, 2.05) is 12.3 Å². The third kappa shape index (κ3) is 2.92. The van der Waals surface area contributed by atoms with Gasteiger partial charge in [0.05, 0.1) is 0 Å². The molecular formula is C13H20N4O3. The Kier molecular flexibility index (Phi) is 4.26. The van der Waals surface area contributed by atoms with Crippen LogP contribution in [-0.4, -0.2) is 50.4 Å². The van der Waals surface area contributed by atoms with E-state index in [0.29, 0.717) is 19.5 Å². The van der Waals surface area contributed by atoms with Gasteiger partial charge in [0.25, 0.3) is 0 Å². The monoisotopic (exact) mass is 280 g/mol. The summed E-state index contributed by atoms with van der Waals surface area (Å²) in [5, 5.41) is 16.1. The molecule has 1 aromatic rings. The fourth-order valence-corrected chi connectivity index (χ4v) is 2.48. The van der Waals surface area contributed by atoms with Crippen LogP contribution in [0.15, 0.2) is 18.5 Å². The predicted molar refractivity (Wildman–Crippen MR) is 72.2 cm³/mol. The van der Waals surface area contributed by atoms with Crippen LogP contribution in [0, 0.1) is 0 Å². The van der Waals surface area contributed by atoms with Crippen molar-refractivity contribution in [1.82, 2.24) is 20.0 Å². The number of carboxylic acid groups (broad SMARTS) is 1. The maximum Gasteiger partial charge on any atom is 0.329 e. The summed E-state index contributed by atoms with van der Waals surface area (Å²) in [4.78, 5) is 24.8. The van der Waals surface area contributed by atoms with Gasteiger partial charge in [0.1, 0.15) is 5.54 Å². The maximum atomic E-state index is 12.1. The first kappa shape index (κ1) is 14.4. The standard InChI is InChI=1S/C13H20N4O3/c1-13(11(18)19)5-2-10-17(13)12(20)14-6-3-8-16-9-4-7-15-16/h4,7,9H,2-3,5-6,8,10H2,1H3,(H,14,20)(H,18,19). The summed E-state index contributed by atoms with van der Waals surface area (Å²) < 4.78 is 1.80. The quantitative estimate of drug-likeness (QED) is 0.785. The highest BCUT2D eigenvalue weighted by molar-refractivity contribution is 5.86. The minimum atomic E-state index is -1.08. The Morgan fingerprint density at radius 2 is 2.30 bits per heavy atom. The first-order valence-electron chi connectivity index (χ1n) is 6.80. The second kappa shape index (κ2) is 5.94. The van der Waals surface area contributed by atoms with Crippen LogP contribution < -0.4 is 5.32 Å². The number of carboxylic acids is 1. The molecule has 0 aromatic carbocycles. The molecule has 0 radical (unpaired) electrons. The van der Waals surface area contributed by atoms with Gasteiger partial charge in [0, 0.05) is 32.0 Å². The normalized spacial score (nSPS) is 21.9. The Morgan fingerprint density at radius 3 is 2.95 bits per heavy atom. The molecule has 7 nitrogen and oxygen atoms in total. The van der Waals surface area contributed by atoms with Crippen LogP contribution in [-0.2, 0) is 11.3 Å². The molecule has 0 aliphatic carbocycles. The fourth-order valence-electron chi connectivity index (χ4n) is 2.48. The van der Waals surface area contributed by atoms with Crippen molar-refractivity contribution < 1.29 is 14.7 Å². The third-order valence-corrected chi connectivity index (χ3v) is 3.75. The van der Waals surface area contributed by atoms with Crippen LogP contribution in [0.4, 0.5) is 4.79 Å². The highest BCUT2D eigenvalue weighted by atomic mass is 16.4. The van der Waals surface area contributed by atoms with Gasteiger partial charge in [0.15, 0.2) is 0 Å². The molecule has 110 valence electrons. The van der Waals surface area contributed by atoms with E-state index in [1.165, 1.54) is 4.90 Å².